The third-order valence-corrected chi connectivity index (χ3v) is 5.59. The first kappa shape index (κ1) is 18.8. The summed E-state index contributed by atoms with van der Waals surface area (Å²) >= 11 is 0. The summed E-state index contributed by atoms with van der Waals surface area (Å²) in [7, 11) is 5.49. The molecule has 1 aliphatic heterocycles. The number of hydrogen-bond donors (Lipinski definition) is 0. The molecule has 1 aromatic carbocycles. The molecule has 0 N–H and O–H groups in total. The third-order valence-electron chi connectivity index (χ3n) is 5.59. The van der Waals surface area contributed by atoms with Gasteiger partial charge in [-0.3, -0.25) is 4.79 Å². The number of ketones is 1. The van der Waals surface area contributed by atoms with E-state index in [1.54, 1.807) is 14.2 Å². The Morgan fingerprint density at radius 2 is 1.88 bits per heavy atom. The largest absolute Gasteiger partial charge is 0.493 e. The first-order valence-corrected chi connectivity index (χ1v) is 8.97. The van der Waals surface area contributed by atoms with Gasteiger partial charge >= 0.3 is 0 Å². The molecule has 0 amide bonds. The fourth-order valence-corrected chi connectivity index (χ4v) is 4.37. The van der Waals surface area contributed by atoms with Crippen LogP contribution in [0.4, 0.5) is 0 Å². The van der Waals surface area contributed by atoms with Crippen molar-refractivity contribution in [3.63, 3.8) is 0 Å². The highest BCUT2D eigenvalue weighted by molar-refractivity contribution is 5.81. The number of carbonyl (C=O) groups excluding carboxylic acids is 1. The summed E-state index contributed by atoms with van der Waals surface area (Å²) in [6.07, 6.45) is 3.41. The van der Waals surface area contributed by atoms with Crippen LogP contribution < -0.4 is 9.47 Å². The molecule has 1 saturated carbocycles. The molecule has 1 aliphatic carbocycles. The summed E-state index contributed by atoms with van der Waals surface area (Å²) in [5, 5.41) is 0. The number of carbonyl (C=O) groups is 1. The number of fused-ring (bicyclic) bond motifs is 1. The topological polar surface area (TPSA) is 38.8 Å². The van der Waals surface area contributed by atoms with Gasteiger partial charge in [-0.2, -0.15) is 0 Å². The van der Waals surface area contributed by atoms with E-state index >= 15 is 0 Å². The zero-order valence-electron chi connectivity index (χ0n) is 15.9. The molecular weight excluding hydrogens is 302 g/mol. The van der Waals surface area contributed by atoms with Crippen molar-refractivity contribution in [1.29, 1.82) is 0 Å². The SMILES string of the molecule is CC.COc1cc([C@@]23CCC(=O)CC2N(C)CC3)cc(C)c1OC. The molecule has 1 saturated heterocycles. The standard InChI is InChI=1S/C18H25NO3.C2H6/c1-12-9-13(10-15(21-3)17(12)22-4)18-6-5-14(20)11-16(18)19(2)8-7-18;1-2/h9-10,16H,5-8,11H2,1-4H3;1-2H3/t16?,18-;/m0./s1. The van der Waals surface area contributed by atoms with Crippen molar-refractivity contribution in [2.24, 2.45) is 0 Å². The lowest BCUT2D eigenvalue weighted by molar-refractivity contribution is -0.122. The van der Waals surface area contributed by atoms with Crippen molar-refractivity contribution in [3.05, 3.63) is 23.3 Å². The second-order valence-electron chi connectivity index (χ2n) is 6.67. The molecule has 0 aromatic heterocycles. The van der Waals surface area contributed by atoms with Gasteiger partial charge in [0.1, 0.15) is 5.78 Å². The summed E-state index contributed by atoms with van der Waals surface area (Å²) in [6, 6.07) is 4.66. The Balaban J connectivity index is 0.00000100. The molecule has 1 aromatic rings. The van der Waals surface area contributed by atoms with E-state index in [0.29, 0.717) is 24.7 Å². The number of aryl methyl sites for hydroxylation is 1. The molecule has 0 bridgehead atoms. The Hall–Kier alpha value is -1.55. The fourth-order valence-electron chi connectivity index (χ4n) is 4.37. The molecule has 0 radical (unpaired) electrons. The smallest absolute Gasteiger partial charge is 0.163 e. The van der Waals surface area contributed by atoms with Gasteiger partial charge in [-0.05, 0) is 50.6 Å². The van der Waals surface area contributed by atoms with Gasteiger partial charge in [-0.15, -0.1) is 0 Å². The molecule has 24 heavy (non-hydrogen) atoms. The number of benzene rings is 1. The molecule has 1 unspecified atom stereocenters. The highest BCUT2D eigenvalue weighted by Crippen LogP contribution is 2.49. The summed E-state index contributed by atoms with van der Waals surface area (Å²) in [5.41, 5.74) is 2.47. The van der Waals surface area contributed by atoms with E-state index in [4.69, 9.17) is 9.47 Å². The van der Waals surface area contributed by atoms with Crippen molar-refractivity contribution in [1.82, 2.24) is 4.90 Å². The van der Waals surface area contributed by atoms with Crippen LogP contribution in [-0.4, -0.2) is 44.5 Å². The van der Waals surface area contributed by atoms with E-state index in [1.165, 1.54) is 5.56 Å². The lowest BCUT2D eigenvalue weighted by Crippen LogP contribution is -2.46. The molecule has 1 heterocycles. The maximum atomic E-state index is 11.9. The van der Waals surface area contributed by atoms with Crippen LogP contribution in [0.1, 0.15) is 50.7 Å². The molecular formula is C20H31NO3. The highest BCUT2D eigenvalue weighted by atomic mass is 16.5. The zero-order valence-corrected chi connectivity index (χ0v) is 15.9. The first-order valence-electron chi connectivity index (χ1n) is 8.97. The number of likely N-dealkylation sites (tertiary alicyclic amines) is 1. The maximum absolute atomic E-state index is 11.9. The molecule has 134 valence electrons. The molecule has 2 fully saturated rings. The number of nitrogens with zero attached hydrogens (tertiary/aromatic N) is 1. The van der Waals surface area contributed by atoms with Gasteiger partial charge in [-0.25, -0.2) is 0 Å². The Kier molecular flexibility index (Phi) is 5.92. The van der Waals surface area contributed by atoms with Crippen LogP contribution in [0, 0.1) is 6.92 Å². The van der Waals surface area contributed by atoms with Gasteiger partial charge in [-0.1, -0.05) is 19.9 Å². The maximum Gasteiger partial charge on any atom is 0.163 e. The van der Waals surface area contributed by atoms with E-state index in [1.807, 2.05) is 13.8 Å². The number of Topliss-reactive ketones (excluding diaryl/α,β-unsaturated/α-hetero) is 1. The lowest BCUT2D eigenvalue weighted by Gasteiger charge is -2.41. The average Bonchev–Trinajstić information content (AvgIpc) is 2.93. The Bertz CT molecular complexity index is 599. The quantitative estimate of drug-likeness (QED) is 0.845. The van der Waals surface area contributed by atoms with Crippen LogP contribution in [0.5, 0.6) is 11.5 Å². The van der Waals surface area contributed by atoms with E-state index in [0.717, 1.165) is 36.4 Å². The highest BCUT2D eigenvalue weighted by Gasteiger charge is 2.50. The summed E-state index contributed by atoms with van der Waals surface area (Å²) in [4.78, 5) is 14.3. The minimum atomic E-state index is 0.0764. The summed E-state index contributed by atoms with van der Waals surface area (Å²) in [5.74, 6) is 1.99. The molecule has 2 atom stereocenters. The van der Waals surface area contributed by atoms with Crippen molar-refractivity contribution < 1.29 is 14.3 Å². The lowest BCUT2D eigenvalue weighted by atomic mass is 9.65. The van der Waals surface area contributed by atoms with E-state index in [9.17, 15) is 4.79 Å². The number of likely N-dealkylation sites (N-methyl/N-ethyl adjacent to an activating group) is 1. The Morgan fingerprint density at radius 3 is 2.50 bits per heavy atom. The molecule has 2 aliphatic rings. The van der Waals surface area contributed by atoms with Gasteiger partial charge in [0.15, 0.2) is 11.5 Å². The van der Waals surface area contributed by atoms with Gasteiger partial charge < -0.3 is 14.4 Å². The van der Waals surface area contributed by atoms with Crippen molar-refractivity contribution in [2.75, 3.05) is 27.8 Å². The summed E-state index contributed by atoms with van der Waals surface area (Å²) < 4.78 is 11.0. The minimum absolute atomic E-state index is 0.0764. The van der Waals surface area contributed by atoms with Crippen molar-refractivity contribution >= 4 is 5.78 Å². The fraction of sp³-hybridized carbons (Fsp3) is 0.650. The first-order chi connectivity index (χ1) is 11.5. The van der Waals surface area contributed by atoms with Crippen LogP contribution in [0.15, 0.2) is 12.1 Å². The molecule has 0 spiro atoms. The number of methoxy groups -OCH3 is 2. The van der Waals surface area contributed by atoms with Gasteiger partial charge in [0, 0.05) is 24.3 Å². The van der Waals surface area contributed by atoms with Crippen LogP contribution >= 0.6 is 0 Å². The zero-order chi connectivity index (χ0) is 17.9. The van der Waals surface area contributed by atoms with Crippen LogP contribution in [0.3, 0.4) is 0 Å². The Labute approximate surface area is 146 Å². The van der Waals surface area contributed by atoms with E-state index in [-0.39, 0.29) is 5.41 Å². The average molecular weight is 333 g/mol. The van der Waals surface area contributed by atoms with E-state index in [2.05, 4.69) is 31.0 Å². The summed E-state index contributed by atoms with van der Waals surface area (Å²) in [6.45, 7) is 7.11. The third kappa shape index (κ3) is 3.04. The second-order valence-corrected chi connectivity index (χ2v) is 6.67. The molecule has 4 nitrogen and oxygen atoms in total. The van der Waals surface area contributed by atoms with Gasteiger partial charge in [0.05, 0.1) is 14.2 Å². The van der Waals surface area contributed by atoms with E-state index < -0.39 is 0 Å². The molecule has 4 heteroatoms. The van der Waals surface area contributed by atoms with Crippen LogP contribution in [0.25, 0.3) is 0 Å². The number of rotatable bonds is 3. The molecule has 3 rings (SSSR count). The second kappa shape index (κ2) is 7.56. The number of ether oxygens (including phenoxy) is 2. The monoisotopic (exact) mass is 333 g/mol. The minimum Gasteiger partial charge on any atom is -0.493 e. The van der Waals surface area contributed by atoms with Gasteiger partial charge in [0.25, 0.3) is 0 Å². The van der Waals surface area contributed by atoms with Crippen molar-refractivity contribution in [3.8, 4) is 11.5 Å². The predicted octanol–water partition coefficient (Wildman–Crippen LogP) is 3.73. The Morgan fingerprint density at radius 1 is 1.17 bits per heavy atom. The van der Waals surface area contributed by atoms with Crippen molar-refractivity contribution in [2.45, 2.75) is 57.9 Å². The number of hydrogen-bond acceptors (Lipinski definition) is 4. The predicted molar refractivity (Wildman–Crippen MR) is 97.2 cm³/mol. The van der Waals surface area contributed by atoms with Gasteiger partial charge in [0.2, 0.25) is 0 Å². The normalized spacial score (nSPS) is 26.4. The van der Waals surface area contributed by atoms with Crippen LogP contribution in [-0.2, 0) is 10.2 Å². The van der Waals surface area contributed by atoms with Crippen LogP contribution in [0.2, 0.25) is 0 Å².